The van der Waals surface area contributed by atoms with Crippen LogP contribution < -0.4 is 21.5 Å². The first-order valence-electron chi connectivity index (χ1n) is 13.8. The van der Waals surface area contributed by atoms with E-state index in [4.69, 9.17) is 0 Å². The summed E-state index contributed by atoms with van der Waals surface area (Å²) < 4.78 is 3.14. The molecule has 216 valence electrons. The van der Waals surface area contributed by atoms with Gasteiger partial charge in [-0.2, -0.15) is 0 Å². The molecule has 0 fully saturated rings. The first kappa shape index (κ1) is 28.8. The van der Waals surface area contributed by atoms with Crippen LogP contribution in [0, 0.1) is 6.92 Å². The zero-order valence-corrected chi connectivity index (χ0v) is 23.8. The number of nitrogens with one attached hydrogen (secondary N) is 3. The molecule has 0 aliphatic carbocycles. The number of carbonyl (C=O) groups is 3. The highest BCUT2D eigenvalue weighted by atomic mass is 16.2. The Kier molecular flexibility index (Phi) is 8.62. The Morgan fingerprint density at radius 1 is 0.721 bits per heavy atom. The van der Waals surface area contributed by atoms with Crippen molar-refractivity contribution in [3.05, 3.63) is 148 Å². The highest BCUT2D eigenvalue weighted by Gasteiger charge is 2.26. The maximum atomic E-state index is 13.7. The molecule has 0 radical (unpaired) electrons. The molecular formula is C34H31N5O4. The first-order chi connectivity index (χ1) is 20.8. The number of aromatic nitrogens is 2. The molecule has 1 atom stereocenters. The van der Waals surface area contributed by atoms with Crippen molar-refractivity contribution < 1.29 is 14.4 Å². The van der Waals surface area contributed by atoms with Crippen LogP contribution in [-0.4, -0.2) is 33.1 Å². The summed E-state index contributed by atoms with van der Waals surface area (Å²) in [6, 6.07) is 32.6. The van der Waals surface area contributed by atoms with E-state index in [9.17, 15) is 19.2 Å². The van der Waals surface area contributed by atoms with Crippen LogP contribution >= 0.6 is 0 Å². The predicted molar refractivity (Wildman–Crippen MR) is 167 cm³/mol. The van der Waals surface area contributed by atoms with Gasteiger partial charge < -0.3 is 16.0 Å². The first-order valence-corrected chi connectivity index (χ1v) is 13.8. The molecule has 0 spiro atoms. The number of hydrogen-bond donors (Lipinski definition) is 3. The molecule has 5 aromatic rings. The largest absolute Gasteiger partial charge is 0.340 e. The van der Waals surface area contributed by atoms with Crippen molar-refractivity contribution in [1.29, 1.82) is 0 Å². The normalized spacial score (nSPS) is 11.4. The van der Waals surface area contributed by atoms with Crippen molar-refractivity contribution in [1.82, 2.24) is 14.7 Å². The van der Waals surface area contributed by atoms with Gasteiger partial charge in [-0.1, -0.05) is 78.9 Å². The minimum atomic E-state index is -1.03. The van der Waals surface area contributed by atoms with Crippen LogP contribution in [0.2, 0.25) is 0 Å². The fourth-order valence-electron chi connectivity index (χ4n) is 4.79. The maximum Gasteiger partial charge on any atom is 0.295 e. The smallest absolute Gasteiger partial charge is 0.295 e. The lowest BCUT2D eigenvalue weighted by molar-refractivity contribution is -0.118. The molecule has 0 saturated heterocycles. The molecule has 0 saturated carbocycles. The van der Waals surface area contributed by atoms with Gasteiger partial charge in [-0.15, -0.1) is 0 Å². The molecule has 1 aromatic heterocycles. The average molecular weight is 574 g/mol. The second kappa shape index (κ2) is 12.9. The van der Waals surface area contributed by atoms with Crippen LogP contribution in [0.25, 0.3) is 5.69 Å². The van der Waals surface area contributed by atoms with Crippen LogP contribution in [0.5, 0.6) is 0 Å². The second-order valence-corrected chi connectivity index (χ2v) is 10.0. The molecule has 5 rings (SSSR count). The number of hydrogen-bond acceptors (Lipinski definition) is 4. The number of benzene rings is 4. The van der Waals surface area contributed by atoms with Gasteiger partial charge in [0, 0.05) is 19.0 Å². The maximum absolute atomic E-state index is 13.7. The number of carbonyl (C=O) groups excluding carboxylic acids is 3. The zero-order chi connectivity index (χ0) is 30.3. The van der Waals surface area contributed by atoms with Crippen molar-refractivity contribution in [2.45, 2.75) is 19.4 Å². The van der Waals surface area contributed by atoms with E-state index in [0.29, 0.717) is 22.6 Å². The van der Waals surface area contributed by atoms with Crippen LogP contribution in [0.15, 0.2) is 120 Å². The highest BCUT2D eigenvalue weighted by molar-refractivity contribution is 6.10. The number of rotatable bonds is 9. The Hall–Kier alpha value is -5.70. The lowest BCUT2D eigenvalue weighted by Crippen LogP contribution is -2.46. The molecule has 3 N–H and O–H groups in total. The van der Waals surface area contributed by atoms with Crippen molar-refractivity contribution in [3.63, 3.8) is 0 Å². The minimum absolute atomic E-state index is 0.124. The van der Waals surface area contributed by atoms with E-state index in [0.717, 1.165) is 5.56 Å². The Morgan fingerprint density at radius 3 is 1.98 bits per heavy atom. The summed E-state index contributed by atoms with van der Waals surface area (Å²) in [5, 5.41) is 8.40. The summed E-state index contributed by atoms with van der Waals surface area (Å²) in [6.07, 6.45) is 0.176. The van der Waals surface area contributed by atoms with E-state index in [-0.39, 0.29) is 23.6 Å². The van der Waals surface area contributed by atoms with E-state index in [1.54, 1.807) is 79.3 Å². The van der Waals surface area contributed by atoms with Gasteiger partial charge >= 0.3 is 0 Å². The summed E-state index contributed by atoms with van der Waals surface area (Å²) in [5.74, 6) is -1.46. The van der Waals surface area contributed by atoms with Crippen molar-refractivity contribution in [2.75, 3.05) is 10.6 Å². The van der Waals surface area contributed by atoms with E-state index >= 15 is 0 Å². The van der Waals surface area contributed by atoms with Crippen molar-refractivity contribution in [3.8, 4) is 5.69 Å². The van der Waals surface area contributed by atoms with Gasteiger partial charge in [-0.05, 0) is 48.9 Å². The fraction of sp³-hybridized carbons (Fsp3) is 0.118. The third-order valence-electron chi connectivity index (χ3n) is 7.16. The topological polar surface area (TPSA) is 114 Å². The summed E-state index contributed by atoms with van der Waals surface area (Å²) in [5.41, 5.74) is 2.70. The standard InChI is InChI=1S/C34H31N5O4/c1-23-30(34(43)39(38(23)2)26-18-10-5-11-19-26)37-33(42)29(22-24-14-6-3-7-15-24)36-32(41)27-20-12-13-21-28(27)35-31(40)25-16-8-4-9-17-25/h3-21,29H,22H2,1-2H3,(H,35,40)(H,36,41)(H,37,42)/t29-/m1/s1. The molecule has 0 bridgehead atoms. The average Bonchev–Trinajstić information content (AvgIpc) is 3.24. The molecule has 0 aliphatic heterocycles. The monoisotopic (exact) mass is 573 g/mol. The second-order valence-electron chi connectivity index (χ2n) is 10.0. The van der Waals surface area contributed by atoms with Gasteiger partial charge in [-0.3, -0.25) is 23.9 Å². The summed E-state index contributed by atoms with van der Waals surface area (Å²) >= 11 is 0. The van der Waals surface area contributed by atoms with Gasteiger partial charge in [0.05, 0.1) is 22.6 Å². The van der Waals surface area contributed by atoms with E-state index < -0.39 is 23.4 Å². The molecule has 3 amide bonds. The predicted octanol–water partition coefficient (Wildman–Crippen LogP) is 4.72. The van der Waals surface area contributed by atoms with Crippen LogP contribution in [-0.2, 0) is 18.3 Å². The Balaban J connectivity index is 1.42. The van der Waals surface area contributed by atoms with Gasteiger partial charge in [0.2, 0.25) is 5.91 Å². The summed E-state index contributed by atoms with van der Waals surface area (Å²) in [4.78, 5) is 53.6. The third-order valence-corrected chi connectivity index (χ3v) is 7.16. The fourth-order valence-corrected chi connectivity index (χ4v) is 4.79. The molecule has 0 aliphatic rings. The van der Waals surface area contributed by atoms with Gasteiger partial charge in [0.15, 0.2) is 0 Å². The number of nitrogens with zero attached hydrogens (tertiary/aromatic N) is 2. The third kappa shape index (κ3) is 6.46. The Morgan fingerprint density at radius 2 is 1.30 bits per heavy atom. The van der Waals surface area contributed by atoms with Gasteiger partial charge in [0.1, 0.15) is 11.7 Å². The van der Waals surface area contributed by atoms with E-state index in [1.165, 1.54) is 4.68 Å². The van der Waals surface area contributed by atoms with Gasteiger partial charge in [-0.25, -0.2) is 4.68 Å². The number of amides is 3. The molecule has 9 heteroatoms. The highest BCUT2D eigenvalue weighted by Crippen LogP contribution is 2.18. The lowest BCUT2D eigenvalue weighted by Gasteiger charge is -2.19. The Bertz CT molecular complexity index is 1810. The lowest BCUT2D eigenvalue weighted by atomic mass is 10.0. The molecule has 43 heavy (non-hydrogen) atoms. The van der Waals surface area contributed by atoms with E-state index in [2.05, 4.69) is 16.0 Å². The number of anilines is 2. The molecule has 1 heterocycles. The van der Waals surface area contributed by atoms with Crippen LogP contribution in [0.3, 0.4) is 0 Å². The summed E-state index contributed by atoms with van der Waals surface area (Å²) in [7, 11) is 1.74. The molecule has 4 aromatic carbocycles. The zero-order valence-electron chi connectivity index (χ0n) is 23.8. The number of para-hydroxylation sites is 2. The summed E-state index contributed by atoms with van der Waals surface area (Å²) in [6.45, 7) is 1.74. The molecule has 0 unspecified atom stereocenters. The van der Waals surface area contributed by atoms with Crippen molar-refractivity contribution >= 4 is 29.1 Å². The van der Waals surface area contributed by atoms with Crippen LogP contribution in [0.1, 0.15) is 32.0 Å². The van der Waals surface area contributed by atoms with Gasteiger partial charge in [0.25, 0.3) is 17.4 Å². The van der Waals surface area contributed by atoms with E-state index in [1.807, 2.05) is 54.6 Å². The Labute approximate surface area is 248 Å². The van der Waals surface area contributed by atoms with Crippen LogP contribution in [0.4, 0.5) is 11.4 Å². The molecule has 9 nitrogen and oxygen atoms in total. The minimum Gasteiger partial charge on any atom is -0.340 e. The van der Waals surface area contributed by atoms with Crippen molar-refractivity contribution in [2.24, 2.45) is 7.05 Å². The quantitative estimate of drug-likeness (QED) is 0.237. The molecular weight excluding hydrogens is 542 g/mol. The SMILES string of the molecule is Cc1c(NC(=O)[C@@H](Cc2ccccc2)NC(=O)c2ccccc2NC(=O)c2ccccc2)c(=O)n(-c2ccccc2)n1C.